The molecule has 3 aromatic heterocycles. The Hall–Kier alpha value is -3.50. The van der Waals surface area contributed by atoms with Crippen molar-refractivity contribution in [3.05, 3.63) is 69.8 Å². The Kier molecular flexibility index (Phi) is 6.06. The van der Waals surface area contributed by atoms with Gasteiger partial charge in [-0.15, -0.1) is 11.3 Å². The maximum absolute atomic E-state index is 13.2. The molecule has 3 heterocycles. The molecule has 0 aliphatic heterocycles. The summed E-state index contributed by atoms with van der Waals surface area (Å²) in [4.78, 5) is 28.3. The van der Waals surface area contributed by atoms with Crippen molar-refractivity contribution in [1.82, 2.24) is 20.1 Å². The molecule has 11 heteroatoms. The second-order valence-corrected chi connectivity index (χ2v) is 8.02. The predicted molar refractivity (Wildman–Crippen MR) is 119 cm³/mol. The van der Waals surface area contributed by atoms with Crippen LogP contribution in [0.25, 0.3) is 17.1 Å². The molecule has 0 radical (unpaired) electrons. The van der Waals surface area contributed by atoms with Gasteiger partial charge in [0, 0.05) is 12.3 Å². The molecule has 0 unspecified atom stereocenters. The minimum absolute atomic E-state index is 0.108. The van der Waals surface area contributed by atoms with Crippen molar-refractivity contribution in [2.45, 2.75) is 20.4 Å². The quantitative estimate of drug-likeness (QED) is 0.427. The topological polar surface area (TPSA) is 102 Å². The number of carbonyl (C=O) groups is 2. The number of hydrogen-bond acceptors (Lipinski definition) is 6. The maximum atomic E-state index is 13.2. The largest absolute Gasteiger partial charge is 0.458 e. The van der Waals surface area contributed by atoms with Gasteiger partial charge in [0.2, 0.25) is 5.91 Å². The minimum atomic E-state index is -0.465. The van der Waals surface area contributed by atoms with E-state index >= 15 is 0 Å². The second kappa shape index (κ2) is 8.93. The van der Waals surface area contributed by atoms with E-state index in [1.165, 1.54) is 47.2 Å². The molecule has 0 spiro atoms. The summed E-state index contributed by atoms with van der Waals surface area (Å²) in [5.74, 6) is 0.0980. The van der Waals surface area contributed by atoms with Crippen LogP contribution in [-0.2, 0) is 11.3 Å². The number of nitrogens with one attached hydrogen (secondary N) is 2. The van der Waals surface area contributed by atoms with E-state index in [1.54, 1.807) is 24.4 Å². The van der Waals surface area contributed by atoms with Crippen LogP contribution < -0.4 is 10.6 Å². The van der Waals surface area contributed by atoms with Gasteiger partial charge in [-0.2, -0.15) is 5.10 Å². The van der Waals surface area contributed by atoms with Crippen molar-refractivity contribution >= 4 is 39.9 Å². The van der Waals surface area contributed by atoms with Crippen LogP contribution >= 0.6 is 22.9 Å². The maximum Gasteiger partial charge on any atom is 0.262 e. The molecule has 1 aromatic carbocycles. The van der Waals surface area contributed by atoms with Gasteiger partial charge < -0.3 is 9.73 Å². The Morgan fingerprint density at radius 1 is 1.22 bits per heavy atom. The van der Waals surface area contributed by atoms with Gasteiger partial charge in [-0.05, 0) is 43.3 Å². The van der Waals surface area contributed by atoms with Crippen molar-refractivity contribution in [2.24, 2.45) is 0 Å². The third kappa shape index (κ3) is 4.56. The predicted octanol–water partition coefficient (Wildman–Crippen LogP) is 4.58. The van der Waals surface area contributed by atoms with Crippen molar-refractivity contribution in [3.63, 3.8) is 0 Å². The van der Waals surface area contributed by atoms with E-state index in [1.807, 2.05) is 0 Å². The number of furan rings is 1. The molecule has 164 valence electrons. The molecule has 2 N–H and O–H groups in total. The Bertz CT molecular complexity index is 1300. The Morgan fingerprint density at radius 2 is 1.97 bits per heavy atom. The zero-order valence-electron chi connectivity index (χ0n) is 17.0. The fourth-order valence-corrected chi connectivity index (χ4v) is 3.99. The molecule has 8 nitrogen and oxygen atoms in total. The minimum Gasteiger partial charge on any atom is -0.458 e. The van der Waals surface area contributed by atoms with Crippen LogP contribution in [0, 0.1) is 12.7 Å². The molecule has 4 aromatic rings. The summed E-state index contributed by atoms with van der Waals surface area (Å²) in [7, 11) is 0. The van der Waals surface area contributed by atoms with Crippen molar-refractivity contribution in [1.29, 1.82) is 0 Å². The number of benzene rings is 1. The van der Waals surface area contributed by atoms with Gasteiger partial charge in [0.25, 0.3) is 5.91 Å². The van der Waals surface area contributed by atoms with E-state index < -0.39 is 5.91 Å². The number of rotatable bonds is 6. The highest BCUT2D eigenvalue weighted by molar-refractivity contribution is 7.14. The summed E-state index contributed by atoms with van der Waals surface area (Å²) in [6.45, 7) is 3.36. The number of halogens is 2. The van der Waals surface area contributed by atoms with Gasteiger partial charge in [-0.25, -0.2) is 14.1 Å². The molecule has 0 aliphatic rings. The lowest BCUT2D eigenvalue weighted by Crippen LogP contribution is -2.18. The van der Waals surface area contributed by atoms with E-state index in [2.05, 4.69) is 20.7 Å². The molecule has 0 atom stereocenters. The van der Waals surface area contributed by atoms with Crippen LogP contribution in [0.5, 0.6) is 0 Å². The van der Waals surface area contributed by atoms with E-state index in [-0.39, 0.29) is 29.0 Å². The SMILES string of the molecule is CC(=O)NCc1ccc(-c2csc(NC(=O)c3c(C)nn(-c4ccc(F)cc4)c3Cl)n2)o1. The van der Waals surface area contributed by atoms with Gasteiger partial charge >= 0.3 is 0 Å². The van der Waals surface area contributed by atoms with Crippen molar-refractivity contribution in [2.75, 3.05) is 5.32 Å². The van der Waals surface area contributed by atoms with Crippen LogP contribution in [0.1, 0.15) is 28.7 Å². The number of amides is 2. The summed E-state index contributed by atoms with van der Waals surface area (Å²) in [5.41, 5.74) is 1.69. The van der Waals surface area contributed by atoms with Crippen LogP contribution in [0.3, 0.4) is 0 Å². The molecule has 4 rings (SSSR count). The first-order valence-electron chi connectivity index (χ1n) is 9.43. The average molecular weight is 474 g/mol. The number of aromatic nitrogens is 3. The third-order valence-electron chi connectivity index (χ3n) is 4.45. The molecular formula is C21H17ClFN5O3S. The first kappa shape index (κ1) is 21.7. The zero-order valence-corrected chi connectivity index (χ0v) is 18.6. The van der Waals surface area contributed by atoms with E-state index in [0.29, 0.717) is 33.7 Å². The van der Waals surface area contributed by atoms with Gasteiger partial charge in [0.05, 0.1) is 17.9 Å². The summed E-state index contributed by atoms with van der Waals surface area (Å²) in [5, 5.41) is 11.9. The van der Waals surface area contributed by atoms with E-state index in [4.69, 9.17) is 16.0 Å². The first-order valence-corrected chi connectivity index (χ1v) is 10.7. The Balaban J connectivity index is 1.50. The third-order valence-corrected chi connectivity index (χ3v) is 5.56. The lowest BCUT2D eigenvalue weighted by molar-refractivity contribution is -0.119. The number of carbonyl (C=O) groups excluding carboxylic acids is 2. The smallest absolute Gasteiger partial charge is 0.262 e. The average Bonchev–Trinajstić information content (AvgIpc) is 3.46. The standard InChI is InChI=1S/C21H17ClFN5O3S/c1-11-18(19(22)28(27-11)14-5-3-13(23)4-6-14)20(30)26-21-25-16(10-32-21)17-8-7-15(31-17)9-24-12(2)29/h3-8,10H,9H2,1-2H3,(H,24,29)(H,25,26,30). The molecule has 0 bridgehead atoms. The molecule has 0 saturated heterocycles. The molecule has 0 aliphatic carbocycles. The van der Waals surface area contributed by atoms with Gasteiger partial charge in [0.1, 0.15) is 28.0 Å². The molecule has 0 saturated carbocycles. The fraction of sp³-hybridized carbons (Fsp3) is 0.143. The number of anilines is 1. The summed E-state index contributed by atoms with van der Waals surface area (Å²) in [6.07, 6.45) is 0. The summed E-state index contributed by atoms with van der Waals surface area (Å²) in [6, 6.07) is 9.10. The van der Waals surface area contributed by atoms with Gasteiger partial charge in [-0.1, -0.05) is 11.6 Å². The summed E-state index contributed by atoms with van der Waals surface area (Å²) >= 11 is 7.63. The highest BCUT2D eigenvalue weighted by atomic mass is 35.5. The normalized spacial score (nSPS) is 10.9. The summed E-state index contributed by atoms with van der Waals surface area (Å²) < 4.78 is 20.2. The first-order chi connectivity index (χ1) is 15.3. The number of thiazole rings is 1. The lowest BCUT2D eigenvalue weighted by Gasteiger charge is -2.04. The fourth-order valence-electron chi connectivity index (χ4n) is 2.94. The van der Waals surface area contributed by atoms with Gasteiger partial charge in [-0.3, -0.25) is 14.9 Å². The second-order valence-electron chi connectivity index (χ2n) is 6.81. The number of nitrogens with zero attached hydrogens (tertiary/aromatic N) is 3. The lowest BCUT2D eigenvalue weighted by atomic mass is 10.2. The number of aryl methyl sites for hydroxylation is 1. The molecule has 0 fully saturated rings. The Labute approximate surface area is 191 Å². The molecule has 32 heavy (non-hydrogen) atoms. The van der Waals surface area contributed by atoms with Crippen molar-refractivity contribution in [3.8, 4) is 17.1 Å². The monoisotopic (exact) mass is 473 g/mol. The van der Waals surface area contributed by atoms with Crippen LogP contribution in [0.4, 0.5) is 9.52 Å². The van der Waals surface area contributed by atoms with Crippen LogP contribution in [0.2, 0.25) is 5.15 Å². The molecule has 2 amide bonds. The van der Waals surface area contributed by atoms with Gasteiger partial charge in [0.15, 0.2) is 10.9 Å². The van der Waals surface area contributed by atoms with Crippen molar-refractivity contribution < 1.29 is 18.4 Å². The number of hydrogen-bond donors (Lipinski definition) is 2. The van der Waals surface area contributed by atoms with Crippen LogP contribution in [0.15, 0.2) is 46.2 Å². The zero-order chi connectivity index (χ0) is 22.8. The molecular weight excluding hydrogens is 457 g/mol. The highest BCUT2D eigenvalue weighted by Crippen LogP contribution is 2.29. The van der Waals surface area contributed by atoms with E-state index in [0.717, 1.165) is 0 Å². The highest BCUT2D eigenvalue weighted by Gasteiger charge is 2.22. The van der Waals surface area contributed by atoms with E-state index in [9.17, 15) is 14.0 Å². The Morgan fingerprint density at radius 3 is 2.69 bits per heavy atom. The van der Waals surface area contributed by atoms with Crippen LogP contribution in [-0.4, -0.2) is 26.6 Å².